The predicted octanol–water partition coefficient (Wildman–Crippen LogP) is 2.98. The monoisotopic (exact) mass is 298 g/mol. The van der Waals surface area contributed by atoms with E-state index in [1.54, 1.807) is 12.1 Å². The van der Waals surface area contributed by atoms with E-state index in [1.807, 2.05) is 0 Å². The number of hydrogen-bond acceptors (Lipinski definition) is 5. The molecule has 0 spiro atoms. The minimum absolute atomic E-state index is 0.0851. The second-order valence-electron chi connectivity index (χ2n) is 4.53. The number of hydrogen-bond donors (Lipinski definition) is 4. The molecule has 0 unspecified atom stereocenters. The Bertz CT molecular complexity index is 759. The molecular weight excluding hydrogens is 284 g/mol. The molecule has 2 rings (SSSR count). The molecule has 0 fully saturated rings. The smallest absolute Gasteiger partial charge is 0.182 e. The van der Waals surface area contributed by atoms with Crippen LogP contribution in [0.3, 0.4) is 0 Å². The molecule has 0 aliphatic heterocycles. The van der Waals surface area contributed by atoms with Crippen LogP contribution in [0, 0.1) is 0 Å². The number of para-hydroxylation sites is 1. The first-order valence-corrected chi connectivity index (χ1v) is 6.40. The van der Waals surface area contributed by atoms with Gasteiger partial charge >= 0.3 is 0 Å². The third-order valence-corrected chi connectivity index (χ3v) is 2.90. The van der Waals surface area contributed by atoms with Gasteiger partial charge in [-0.25, -0.2) is 0 Å². The van der Waals surface area contributed by atoms with Crippen LogP contribution >= 0.6 is 0 Å². The van der Waals surface area contributed by atoms with Crippen LogP contribution in [0.15, 0.2) is 54.6 Å². The molecule has 0 amide bonds. The third kappa shape index (κ3) is 3.67. The molecule has 4 N–H and O–H groups in total. The summed E-state index contributed by atoms with van der Waals surface area (Å²) in [5.74, 6) is -1.27. The van der Waals surface area contributed by atoms with Gasteiger partial charge in [0.1, 0.15) is 23.0 Å². The van der Waals surface area contributed by atoms with Gasteiger partial charge in [-0.3, -0.25) is 4.79 Å². The van der Waals surface area contributed by atoms with Crippen molar-refractivity contribution in [2.75, 3.05) is 0 Å². The van der Waals surface area contributed by atoms with Gasteiger partial charge in [0.15, 0.2) is 5.78 Å². The zero-order valence-corrected chi connectivity index (χ0v) is 11.5. The number of rotatable bonds is 4. The lowest BCUT2D eigenvalue weighted by Gasteiger charge is -2.02. The van der Waals surface area contributed by atoms with Crippen LogP contribution in [-0.2, 0) is 4.79 Å². The molecule has 2 aromatic carbocycles. The number of phenols is 3. The SMILES string of the molecule is O=C(C=C(O)c1ccccc1O)/C=C/c1ccc(O)cc1O. The Balaban J connectivity index is 2.17. The second kappa shape index (κ2) is 6.49. The number of aliphatic hydroxyl groups excluding tert-OH is 1. The Kier molecular flexibility index (Phi) is 4.48. The number of carbonyl (C=O) groups is 1. The molecule has 2 aromatic rings. The van der Waals surface area contributed by atoms with Crippen molar-refractivity contribution in [1.82, 2.24) is 0 Å². The molecule has 0 aliphatic rings. The van der Waals surface area contributed by atoms with Crippen LogP contribution in [0.2, 0.25) is 0 Å². The van der Waals surface area contributed by atoms with E-state index in [2.05, 4.69) is 0 Å². The van der Waals surface area contributed by atoms with Gasteiger partial charge in [-0.1, -0.05) is 12.1 Å². The lowest BCUT2D eigenvalue weighted by Crippen LogP contribution is -1.91. The minimum Gasteiger partial charge on any atom is -0.508 e. The van der Waals surface area contributed by atoms with Crippen LogP contribution in [0.25, 0.3) is 11.8 Å². The van der Waals surface area contributed by atoms with E-state index in [0.29, 0.717) is 5.56 Å². The van der Waals surface area contributed by atoms with E-state index in [9.17, 15) is 20.1 Å². The normalized spacial score (nSPS) is 11.7. The molecule has 0 saturated heterocycles. The summed E-state index contributed by atoms with van der Waals surface area (Å²) in [6, 6.07) is 10.1. The summed E-state index contributed by atoms with van der Waals surface area (Å²) in [5, 5.41) is 38.1. The molecule has 5 nitrogen and oxygen atoms in total. The molecule has 0 heterocycles. The van der Waals surface area contributed by atoms with E-state index in [4.69, 9.17) is 5.11 Å². The molecule has 22 heavy (non-hydrogen) atoms. The Morgan fingerprint density at radius 3 is 2.36 bits per heavy atom. The standard InChI is InChI=1S/C17H14O5/c18-12-7-5-11(16(21)9-12)6-8-13(19)10-17(22)14-3-1-2-4-15(14)20/h1-10,18,20-22H/b8-6+,17-10?. The fourth-order valence-electron chi connectivity index (χ4n) is 1.80. The maximum absolute atomic E-state index is 11.8. The lowest BCUT2D eigenvalue weighted by molar-refractivity contribution is -0.110. The number of carbonyl (C=O) groups excluding carboxylic acids is 1. The summed E-state index contributed by atoms with van der Waals surface area (Å²) in [6.45, 7) is 0. The van der Waals surface area contributed by atoms with Gasteiger partial charge < -0.3 is 20.4 Å². The van der Waals surface area contributed by atoms with E-state index in [1.165, 1.54) is 30.3 Å². The van der Waals surface area contributed by atoms with Crippen molar-refractivity contribution in [1.29, 1.82) is 0 Å². The average Bonchev–Trinajstić information content (AvgIpc) is 2.46. The average molecular weight is 298 g/mol. The van der Waals surface area contributed by atoms with Gasteiger partial charge in [-0.15, -0.1) is 0 Å². The highest BCUT2D eigenvalue weighted by Crippen LogP contribution is 2.24. The zero-order valence-electron chi connectivity index (χ0n) is 11.5. The Hall–Kier alpha value is -3.21. The first-order chi connectivity index (χ1) is 10.5. The summed E-state index contributed by atoms with van der Waals surface area (Å²) in [6.07, 6.45) is 3.47. The molecule has 5 heteroatoms. The van der Waals surface area contributed by atoms with Crippen LogP contribution in [0.4, 0.5) is 0 Å². The first-order valence-electron chi connectivity index (χ1n) is 6.40. The van der Waals surface area contributed by atoms with E-state index < -0.39 is 5.78 Å². The number of phenolic OH excluding ortho intramolecular Hbond substituents is 3. The van der Waals surface area contributed by atoms with Gasteiger partial charge in [0, 0.05) is 17.7 Å². The van der Waals surface area contributed by atoms with Crippen molar-refractivity contribution in [3.05, 3.63) is 65.7 Å². The van der Waals surface area contributed by atoms with Crippen molar-refractivity contribution in [3.8, 4) is 17.2 Å². The van der Waals surface area contributed by atoms with Crippen LogP contribution in [-0.4, -0.2) is 26.2 Å². The number of aliphatic hydroxyl groups is 1. The van der Waals surface area contributed by atoms with Gasteiger partial charge in [-0.2, -0.15) is 0 Å². The van der Waals surface area contributed by atoms with Crippen LogP contribution in [0.5, 0.6) is 17.2 Å². The van der Waals surface area contributed by atoms with Gasteiger partial charge in [-0.05, 0) is 36.4 Å². The minimum atomic E-state index is -0.520. The maximum atomic E-state index is 11.8. The van der Waals surface area contributed by atoms with Crippen molar-refractivity contribution in [3.63, 3.8) is 0 Å². The van der Waals surface area contributed by atoms with Crippen molar-refractivity contribution < 1.29 is 25.2 Å². The van der Waals surface area contributed by atoms with Crippen molar-refractivity contribution in [2.45, 2.75) is 0 Å². The number of allylic oxidation sites excluding steroid dienone is 2. The second-order valence-corrected chi connectivity index (χ2v) is 4.53. The third-order valence-electron chi connectivity index (χ3n) is 2.90. The number of ketones is 1. The fraction of sp³-hybridized carbons (Fsp3) is 0. The highest BCUT2D eigenvalue weighted by molar-refractivity contribution is 6.05. The van der Waals surface area contributed by atoms with E-state index >= 15 is 0 Å². The highest BCUT2D eigenvalue weighted by atomic mass is 16.3. The Labute approximate surface area is 126 Å². The van der Waals surface area contributed by atoms with Gasteiger partial charge in [0.25, 0.3) is 0 Å². The van der Waals surface area contributed by atoms with E-state index in [0.717, 1.165) is 18.2 Å². The van der Waals surface area contributed by atoms with Crippen LogP contribution in [0.1, 0.15) is 11.1 Å². The van der Waals surface area contributed by atoms with E-state index in [-0.39, 0.29) is 28.6 Å². The topological polar surface area (TPSA) is 98.0 Å². The molecule has 0 atom stereocenters. The van der Waals surface area contributed by atoms with Crippen molar-refractivity contribution in [2.24, 2.45) is 0 Å². The molecule has 0 aromatic heterocycles. The Morgan fingerprint density at radius 2 is 1.68 bits per heavy atom. The Morgan fingerprint density at radius 1 is 0.955 bits per heavy atom. The summed E-state index contributed by atoms with van der Waals surface area (Å²) in [4.78, 5) is 11.8. The summed E-state index contributed by atoms with van der Waals surface area (Å²) >= 11 is 0. The van der Waals surface area contributed by atoms with Crippen LogP contribution < -0.4 is 0 Å². The van der Waals surface area contributed by atoms with Gasteiger partial charge in [0.2, 0.25) is 0 Å². The van der Waals surface area contributed by atoms with Gasteiger partial charge in [0.05, 0.1) is 5.56 Å². The lowest BCUT2D eigenvalue weighted by atomic mass is 10.1. The highest BCUT2D eigenvalue weighted by Gasteiger charge is 2.06. The number of benzene rings is 2. The largest absolute Gasteiger partial charge is 0.508 e. The molecule has 112 valence electrons. The fourth-order valence-corrected chi connectivity index (χ4v) is 1.80. The maximum Gasteiger partial charge on any atom is 0.182 e. The summed E-state index contributed by atoms with van der Waals surface area (Å²) < 4.78 is 0. The predicted molar refractivity (Wildman–Crippen MR) is 82.5 cm³/mol. The molecule has 0 radical (unpaired) electrons. The zero-order chi connectivity index (χ0) is 16.1. The first kappa shape index (κ1) is 15.2. The quantitative estimate of drug-likeness (QED) is 0.514. The summed E-state index contributed by atoms with van der Waals surface area (Å²) in [7, 11) is 0. The molecule has 0 bridgehead atoms. The summed E-state index contributed by atoms with van der Waals surface area (Å²) in [5.41, 5.74) is 0.498. The van der Waals surface area contributed by atoms with Crippen molar-refractivity contribution >= 4 is 17.6 Å². The number of aromatic hydroxyl groups is 3. The molecule has 0 saturated carbocycles. The molecule has 0 aliphatic carbocycles. The molecular formula is C17H14O5.